The van der Waals surface area contributed by atoms with E-state index in [0.29, 0.717) is 4.90 Å². The third-order valence-electron chi connectivity index (χ3n) is 4.29. The van der Waals surface area contributed by atoms with Gasteiger partial charge in [-0.05, 0) is 65.8 Å². The van der Waals surface area contributed by atoms with Crippen molar-refractivity contribution in [3.63, 3.8) is 0 Å². The zero-order chi connectivity index (χ0) is 18.4. The summed E-state index contributed by atoms with van der Waals surface area (Å²) in [6.45, 7) is 4.00. The lowest BCUT2D eigenvalue weighted by molar-refractivity contribution is 0.415. The van der Waals surface area contributed by atoms with Crippen LogP contribution in [-0.4, -0.2) is 21.8 Å². The minimum atomic E-state index is -3.15. The standard InChI is InChI=1S/C19H20O3S.C2H6/c1-22-16-10-6-14(7-11-16)18-4-3-5-19(18)15-8-12-17(13-9-15)23(2,20)21;1-2/h6-13H,3-5H2,1-2H3;1-2H3. The number of sulfone groups is 1. The third kappa shape index (κ3) is 4.51. The fourth-order valence-corrected chi connectivity index (χ4v) is 3.71. The summed E-state index contributed by atoms with van der Waals surface area (Å²) in [4.78, 5) is 0.367. The number of allylic oxidation sites excluding steroid dienone is 2. The molecule has 1 aliphatic carbocycles. The summed E-state index contributed by atoms with van der Waals surface area (Å²) in [5.41, 5.74) is 4.99. The second kappa shape index (κ2) is 8.34. The van der Waals surface area contributed by atoms with Gasteiger partial charge in [0.1, 0.15) is 5.75 Å². The summed E-state index contributed by atoms with van der Waals surface area (Å²) in [6, 6.07) is 15.4. The van der Waals surface area contributed by atoms with Crippen LogP contribution in [0.5, 0.6) is 5.75 Å². The van der Waals surface area contributed by atoms with Gasteiger partial charge in [0.05, 0.1) is 12.0 Å². The van der Waals surface area contributed by atoms with E-state index in [1.165, 1.54) is 23.0 Å². The molecular formula is C21H26O3S. The van der Waals surface area contributed by atoms with Crippen LogP contribution in [0.3, 0.4) is 0 Å². The number of methoxy groups -OCH3 is 1. The van der Waals surface area contributed by atoms with Crippen molar-refractivity contribution in [2.75, 3.05) is 13.4 Å². The highest BCUT2D eigenvalue weighted by atomic mass is 32.2. The molecule has 0 atom stereocenters. The van der Waals surface area contributed by atoms with Gasteiger partial charge in [0, 0.05) is 6.26 Å². The van der Waals surface area contributed by atoms with Crippen molar-refractivity contribution in [1.29, 1.82) is 0 Å². The van der Waals surface area contributed by atoms with Crippen molar-refractivity contribution < 1.29 is 13.2 Å². The van der Waals surface area contributed by atoms with Gasteiger partial charge in [-0.15, -0.1) is 0 Å². The molecule has 0 saturated heterocycles. The van der Waals surface area contributed by atoms with Gasteiger partial charge in [0.2, 0.25) is 0 Å². The normalized spacial score (nSPS) is 14.1. The fourth-order valence-electron chi connectivity index (χ4n) is 3.08. The first kappa shape index (κ1) is 19.3. The third-order valence-corrected chi connectivity index (χ3v) is 5.42. The van der Waals surface area contributed by atoms with E-state index in [4.69, 9.17) is 4.74 Å². The Morgan fingerprint density at radius 2 is 1.24 bits per heavy atom. The predicted octanol–water partition coefficient (Wildman–Crippen LogP) is 5.22. The van der Waals surface area contributed by atoms with Crippen molar-refractivity contribution in [2.45, 2.75) is 38.0 Å². The van der Waals surface area contributed by atoms with Gasteiger partial charge in [-0.3, -0.25) is 0 Å². The van der Waals surface area contributed by atoms with E-state index in [2.05, 4.69) is 12.1 Å². The Morgan fingerprint density at radius 3 is 1.64 bits per heavy atom. The zero-order valence-electron chi connectivity index (χ0n) is 15.4. The van der Waals surface area contributed by atoms with Crippen LogP contribution in [0, 0.1) is 0 Å². The maximum Gasteiger partial charge on any atom is 0.175 e. The molecule has 0 aliphatic heterocycles. The topological polar surface area (TPSA) is 43.4 Å². The van der Waals surface area contributed by atoms with Crippen LogP contribution >= 0.6 is 0 Å². The molecule has 0 saturated carbocycles. The first-order chi connectivity index (χ1) is 12.0. The molecule has 3 rings (SSSR count). The summed E-state index contributed by atoms with van der Waals surface area (Å²) in [6.07, 6.45) is 4.44. The lowest BCUT2D eigenvalue weighted by Crippen LogP contribution is -1.97. The van der Waals surface area contributed by atoms with Crippen molar-refractivity contribution in [3.8, 4) is 5.75 Å². The summed E-state index contributed by atoms with van der Waals surface area (Å²) >= 11 is 0. The van der Waals surface area contributed by atoms with Gasteiger partial charge in [-0.25, -0.2) is 8.42 Å². The second-order valence-corrected chi connectivity index (χ2v) is 7.85. The van der Waals surface area contributed by atoms with Gasteiger partial charge in [-0.2, -0.15) is 0 Å². The van der Waals surface area contributed by atoms with E-state index in [-0.39, 0.29) is 0 Å². The monoisotopic (exact) mass is 358 g/mol. The minimum Gasteiger partial charge on any atom is -0.497 e. The van der Waals surface area contributed by atoms with Crippen LogP contribution in [0.2, 0.25) is 0 Å². The van der Waals surface area contributed by atoms with Gasteiger partial charge in [0.15, 0.2) is 9.84 Å². The molecule has 4 heteroatoms. The zero-order valence-corrected chi connectivity index (χ0v) is 16.2. The highest BCUT2D eigenvalue weighted by Gasteiger charge is 2.18. The van der Waals surface area contributed by atoms with E-state index < -0.39 is 9.84 Å². The molecule has 1 aliphatic rings. The second-order valence-electron chi connectivity index (χ2n) is 5.84. The van der Waals surface area contributed by atoms with Crippen molar-refractivity contribution >= 4 is 21.0 Å². The fraction of sp³-hybridized carbons (Fsp3) is 0.333. The molecule has 0 amide bonds. The molecule has 0 fully saturated rings. The smallest absolute Gasteiger partial charge is 0.175 e. The van der Waals surface area contributed by atoms with Gasteiger partial charge >= 0.3 is 0 Å². The summed E-state index contributed by atoms with van der Waals surface area (Å²) < 4.78 is 28.4. The Morgan fingerprint density at radius 1 is 0.800 bits per heavy atom. The molecular weight excluding hydrogens is 332 g/mol. The van der Waals surface area contributed by atoms with E-state index in [1.807, 2.05) is 38.1 Å². The Bertz CT molecular complexity index is 830. The minimum absolute atomic E-state index is 0.367. The number of rotatable bonds is 4. The molecule has 0 spiro atoms. The molecule has 134 valence electrons. The first-order valence-corrected chi connectivity index (χ1v) is 10.5. The molecule has 0 aromatic heterocycles. The van der Waals surface area contributed by atoms with Crippen LogP contribution in [-0.2, 0) is 9.84 Å². The highest BCUT2D eigenvalue weighted by Crippen LogP contribution is 2.40. The molecule has 0 bridgehead atoms. The maximum absolute atomic E-state index is 11.6. The van der Waals surface area contributed by atoms with Crippen LogP contribution in [0.25, 0.3) is 11.1 Å². The average Bonchev–Trinajstić information content (AvgIpc) is 3.12. The highest BCUT2D eigenvalue weighted by molar-refractivity contribution is 7.90. The van der Waals surface area contributed by atoms with Crippen molar-refractivity contribution in [1.82, 2.24) is 0 Å². The lowest BCUT2D eigenvalue weighted by atomic mass is 9.97. The summed E-state index contributed by atoms with van der Waals surface area (Å²) in [5.74, 6) is 0.853. The number of hydrogen-bond acceptors (Lipinski definition) is 3. The molecule has 3 nitrogen and oxygen atoms in total. The Balaban J connectivity index is 0.00000109. The van der Waals surface area contributed by atoms with Crippen molar-refractivity contribution in [3.05, 3.63) is 59.7 Å². The summed E-state index contributed by atoms with van der Waals surface area (Å²) in [7, 11) is -1.48. The Labute approximate surface area is 151 Å². The number of benzene rings is 2. The molecule has 0 unspecified atom stereocenters. The van der Waals surface area contributed by atoms with E-state index in [9.17, 15) is 8.42 Å². The Hall–Kier alpha value is -2.07. The quantitative estimate of drug-likeness (QED) is 0.752. The van der Waals surface area contributed by atoms with Crippen LogP contribution in [0.4, 0.5) is 0 Å². The SMILES string of the molecule is CC.COc1ccc(C2=C(c3ccc(S(C)(=O)=O)cc3)CCC2)cc1. The predicted molar refractivity (Wildman–Crippen MR) is 105 cm³/mol. The van der Waals surface area contributed by atoms with E-state index in [0.717, 1.165) is 30.6 Å². The number of ether oxygens (including phenoxy) is 1. The first-order valence-electron chi connectivity index (χ1n) is 8.66. The van der Waals surface area contributed by atoms with E-state index >= 15 is 0 Å². The maximum atomic E-state index is 11.6. The van der Waals surface area contributed by atoms with Crippen molar-refractivity contribution in [2.24, 2.45) is 0 Å². The molecule has 0 heterocycles. The molecule has 25 heavy (non-hydrogen) atoms. The Kier molecular flexibility index (Phi) is 6.43. The van der Waals surface area contributed by atoms with Crippen LogP contribution < -0.4 is 4.74 Å². The molecule has 2 aromatic rings. The van der Waals surface area contributed by atoms with Crippen LogP contribution in [0.1, 0.15) is 44.2 Å². The molecule has 0 radical (unpaired) electrons. The average molecular weight is 359 g/mol. The van der Waals surface area contributed by atoms with Gasteiger partial charge in [0.25, 0.3) is 0 Å². The number of hydrogen-bond donors (Lipinski definition) is 0. The lowest BCUT2D eigenvalue weighted by Gasteiger charge is -2.10. The largest absolute Gasteiger partial charge is 0.497 e. The molecule has 2 aromatic carbocycles. The molecule has 0 N–H and O–H groups in total. The summed E-state index contributed by atoms with van der Waals surface area (Å²) in [5, 5.41) is 0. The van der Waals surface area contributed by atoms with Gasteiger partial charge in [-0.1, -0.05) is 38.1 Å². The van der Waals surface area contributed by atoms with Gasteiger partial charge < -0.3 is 4.74 Å². The van der Waals surface area contributed by atoms with Crippen LogP contribution in [0.15, 0.2) is 53.4 Å². The van der Waals surface area contributed by atoms with E-state index in [1.54, 1.807) is 19.2 Å².